The zero-order valence-corrected chi connectivity index (χ0v) is 25.3. The van der Waals surface area contributed by atoms with E-state index in [2.05, 4.69) is 49.9 Å². The molecule has 0 aliphatic carbocycles. The van der Waals surface area contributed by atoms with Crippen molar-refractivity contribution in [3.63, 3.8) is 0 Å². The van der Waals surface area contributed by atoms with Crippen molar-refractivity contribution in [2.75, 3.05) is 13.2 Å². The van der Waals surface area contributed by atoms with Gasteiger partial charge in [0.2, 0.25) is 0 Å². The Morgan fingerprint density at radius 3 is 2.14 bits per heavy atom. The van der Waals surface area contributed by atoms with Crippen LogP contribution in [0.4, 0.5) is 0 Å². The normalized spacial score (nSPS) is 11.3. The highest BCUT2D eigenvalue weighted by molar-refractivity contribution is 7.31. The Hall–Kier alpha value is -4.01. The van der Waals surface area contributed by atoms with Gasteiger partial charge in [0, 0.05) is 17.7 Å². The van der Waals surface area contributed by atoms with Crippen LogP contribution in [0.1, 0.15) is 34.3 Å². The number of unbranched alkanes of at least 4 members (excludes halogenated alkanes) is 1. The number of carbonyl (C=O) groups is 1. The van der Waals surface area contributed by atoms with Crippen LogP contribution in [-0.2, 0) is 16.1 Å². The summed E-state index contributed by atoms with van der Waals surface area (Å²) in [4.78, 5) is 13.5. The summed E-state index contributed by atoms with van der Waals surface area (Å²) in [6.45, 7) is 3.51. The van der Waals surface area contributed by atoms with Crippen molar-refractivity contribution >= 4 is 57.0 Å². The van der Waals surface area contributed by atoms with E-state index in [0.29, 0.717) is 53.6 Å². The summed E-state index contributed by atoms with van der Waals surface area (Å²) in [5.41, 5.74) is 4.31. The number of hydrogen-bond donors (Lipinski definition) is 0. The second-order valence-corrected chi connectivity index (χ2v) is 10.7. The molecule has 0 aromatic heterocycles. The molecule has 7 heteroatoms. The van der Waals surface area contributed by atoms with Gasteiger partial charge >= 0.3 is 5.97 Å². The Labute approximate surface area is 249 Å². The third kappa shape index (κ3) is 6.72. The molecular weight excluding hydrogens is 562 g/mol. The summed E-state index contributed by atoms with van der Waals surface area (Å²) < 4.78 is 23.6. The Bertz CT molecular complexity index is 1730. The van der Waals surface area contributed by atoms with Gasteiger partial charge in [0.1, 0.15) is 28.2 Å². The van der Waals surface area contributed by atoms with Crippen molar-refractivity contribution in [1.82, 2.24) is 0 Å². The molecule has 5 aromatic carbocycles. The van der Waals surface area contributed by atoms with Crippen LogP contribution in [0.15, 0.2) is 91.0 Å². The largest absolute Gasteiger partial charge is 0.462 e. The summed E-state index contributed by atoms with van der Waals surface area (Å²) in [5.74, 6) is 0.621. The van der Waals surface area contributed by atoms with E-state index in [1.54, 1.807) is 0 Å². The zero-order valence-electron chi connectivity index (χ0n) is 23.5. The van der Waals surface area contributed by atoms with Crippen LogP contribution in [0.25, 0.3) is 32.7 Å². The van der Waals surface area contributed by atoms with Crippen molar-refractivity contribution in [1.29, 1.82) is 0 Å². The maximum atomic E-state index is 13.5. The Kier molecular flexibility index (Phi) is 10.0. The molecular formula is C35H32O5P2. The molecule has 42 heavy (non-hydrogen) atoms. The van der Waals surface area contributed by atoms with Crippen LogP contribution in [0.2, 0.25) is 0 Å². The van der Waals surface area contributed by atoms with Crippen molar-refractivity contribution in [2.24, 2.45) is 0 Å². The van der Waals surface area contributed by atoms with Gasteiger partial charge in [-0.05, 0) is 71.6 Å². The van der Waals surface area contributed by atoms with Crippen LogP contribution < -0.4 is 9.05 Å². The average molecular weight is 595 g/mol. The lowest BCUT2D eigenvalue weighted by Gasteiger charge is -2.19. The van der Waals surface area contributed by atoms with Gasteiger partial charge in [-0.3, -0.25) is 0 Å². The van der Waals surface area contributed by atoms with Crippen LogP contribution in [-0.4, -0.2) is 31.8 Å². The summed E-state index contributed by atoms with van der Waals surface area (Å²) in [7, 11) is 0.912. The fourth-order valence-electron chi connectivity index (χ4n) is 4.97. The van der Waals surface area contributed by atoms with Gasteiger partial charge in [0.25, 0.3) is 0 Å². The van der Waals surface area contributed by atoms with Gasteiger partial charge in [-0.25, -0.2) is 4.79 Å². The van der Waals surface area contributed by atoms with E-state index in [0.717, 1.165) is 44.7 Å². The molecule has 0 fully saturated rings. The minimum absolute atomic E-state index is 0.277. The minimum atomic E-state index is -0.445. The first-order chi connectivity index (χ1) is 20.6. The molecule has 5 rings (SSSR count). The number of hydrogen-bond acceptors (Lipinski definition) is 5. The quantitative estimate of drug-likeness (QED) is 0.0772. The molecule has 0 N–H and O–H groups in total. The van der Waals surface area contributed by atoms with E-state index in [1.165, 1.54) is 5.56 Å². The molecule has 0 amide bonds. The highest BCUT2D eigenvalue weighted by Crippen LogP contribution is 2.48. The SMILES string of the molecule is C=POc1ccc2ccccc2c1-c1c(OP=C)c(C(=O)OCCCCOCc2ccc(C)cc2)cc2ccccc12. The number of fused-ring (bicyclic) bond motifs is 2. The van der Waals surface area contributed by atoms with E-state index in [9.17, 15) is 4.79 Å². The molecule has 0 saturated carbocycles. The van der Waals surface area contributed by atoms with Crippen molar-refractivity contribution in [3.05, 3.63) is 108 Å². The highest BCUT2D eigenvalue weighted by Gasteiger charge is 2.25. The maximum absolute atomic E-state index is 13.5. The molecule has 0 unspecified atom stereocenters. The van der Waals surface area contributed by atoms with E-state index in [4.69, 9.17) is 18.5 Å². The van der Waals surface area contributed by atoms with Crippen molar-refractivity contribution in [2.45, 2.75) is 26.4 Å². The average Bonchev–Trinajstić information content (AvgIpc) is 3.01. The van der Waals surface area contributed by atoms with Gasteiger partial charge in [-0.15, -0.1) is 0 Å². The third-order valence-electron chi connectivity index (χ3n) is 6.99. The molecule has 212 valence electrons. The first kappa shape index (κ1) is 29.5. The molecule has 5 nitrogen and oxygen atoms in total. The van der Waals surface area contributed by atoms with Gasteiger partial charge in [-0.1, -0.05) is 84.4 Å². The zero-order chi connectivity index (χ0) is 29.3. The number of benzene rings is 5. The van der Waals surface area contributed by atoms with Gasteiger partial charge < -0.3 is 18.5 Å². The predicted octanol–water partition coefficient (Wildman–Crippen LogP) is 9.47. The molecule has 0 aliphatic heterocycles. The Morgan fingerprint density at radius 2 is 1.40 bits per heavy atom. The van der Waals surface area contributed by atoms with Crippen LogP contribution in [0.3, 0.4) is 0 Å². The fourth-order valence-corrected chi connectivity index (χ4v) is 5.58. The van der Waals surface area contributed by atoms with Crippen molar-refractivity contribution < 1.29 is 23.3 Å². The number of ether oxygens (including phenoxy) is 2. The first-order valence-electron chi connectivity index (χ1n) is 13.7. The lowest BCUT2D eigenvalue weighted by Crippen LogP contribution is -2.09. The summed E-state index contributed by atoms with van der Waals surface area (Å²) in [5, 5.41) is 3.84. The van der Waals surface area contributed by atoms with Gasteiger partial charge in [0.05, 0.1) is 13.2 Å². The van der Waals surface area contributed by atoms with Crippen LogP contribution in [0.5, 0.6) is 11.5 Å². The molecule has 0 saturated heterocycles. The number of carbonyl (C=O) groups excluding carboxylic acids is 1. The standard InChI is InChI=1S/C35H32O5P2/c1-24-14-16-25(17-15-24)23-37-20-8-9-21-38-35(36)30-22-27-11-5-7-13-29(27)33(34(30)40-42-3)32-28-12-6-4-10-26(28)18-19-31(32)39-41-2/h4-7,10-19,22H,2-3,8-9,20-21,23H2,1H3. The summed E-state index contributed by atoms with van der Waals surface area (Å²) in [6, 6.07) is 30.1. The minimum Gasteiger partial charge on any atom is -0.462 e. The maximum Gasteiger partial charge on any atom is 0.342 e. The lowest BCUT2D eigenvalue weighted by molar-refractivity contribution is 0.0477. The van der Waals surface area contributed by atoms with Gasteiger partial charge in [-0.2, -0.15) is 0 Å². The van der Waals surface area contributed by atoms with Crippen LogP contribution >= 0.6 is 16.9 Å². The number of aryl methyl sites for hydroxylation is 1. The van der Waals surface area contributed by atoms with E-state index in [1.807, 2.05) is 60.7 Å². The molecule has 0 bridgehead atoms. The molecule has 0 aliphatic rings. The van der Waals surface area contributed by atoms with Crippen molar-refractivity contribution in [3.8, 4) is 22.6 Å². The molecule has 5 aromatic rings. The smallest absolute Gasteiger partial charge is 0.342 e. The molecule has 0 atom stereocenters. The Balaban J connectivity index is 1.42. The number of rotatable bonds is 13. The lowest BCUT2D eigenvalue weighted by atomic mass is 9.90. The second kappa shape index (κ2) is 14.2. The molecule has 0 spiro atoms. The second-order valence-electron chi connectivity index (χ2n) is 9.83. The van der Waals surface area contributed by atoms with E-state index < -0.39 is 5.97 Å². The molecule has 0 heterocycles. The van der Waals surface area contributed by atoms with E-state index >= 15 is 0 Å². The third-order valence-corrected chi connectivity index (χ3v) is 7.62. The Morgan fingerprint density at radius 1 is 0.738 bits per heavy atom. The fraction of sp³-hybridized carbons (Fsp3) is 0.171. The predicted molar refractivity (Wildman–Crippen MR) is 177 cm³/mol. The summed E-state index contributed by atoms with van der Waals surface area (Å²) >= 11 is 0. The van der Waals surface area contributed by atoms with Gasteiger partial charge in [0.15, 0.2) is 5.75 Å². The first-order valence-corrected chi connectivity index (χ1v) is 15.7. The van der Waals surface area contributed by atoms with E-state index in [-0.39, 0.29) is 6.61 Å². The number of esters is 1. The highest BCUT2D eigenvalue weighted by atomic mass is 31.1. The van der Waals surface area contributed by atoms with Crippen LogP contribution in [0, 0.1) is 6.92 Å². The monoisotopic (exact) mass is 594 g/mol. The topological polar surface area (TPSA) is 54.0 Å². The molecule has 0 radical (unpaired) electrons. The summed E-state index contributed by atoms with van der Waals surface area (Å²) in [6.07, 6.45) is 9.22.